The molecule has 1 aromatic rings. The van der Waals surface area contributed by atoms with Gasteiger partial charge in [0.25, 0.3) is 0 Å². The Balaban J connectivity index is 0.00000144. The van der Waals surface area contributed by atoms with Crippen LogP contribution in [0.25, 0.3) is 0 Å². The topological polar surface area (TPSA) is 17.8 Å². The second-order valence-corrected chi connectivity index (χ2v) is 3.27. The number of hydrogen-bond donors (Lipinski definition) is 0. The van der Waals surface area contributed by atoms with Gasteiger partial charge in [-0.2, -0.15) is 0 Å². The van der Waals surface area contributed by atoms with Crippen molar-refractivity contribution < 1.29 is 0 Å². The Hall–Kier alpha value is -0.310. The summed E-state index contributed by atoms with van der Waals surface area (Å²) in [6, 6.07) is 0. The average Bonchev–Trinajstić information content (AvgIpc) is 2.46. The smallest absolute Gasteiger partial charge is 0.108 e. The second-order valence-electron chi connectivity index (χ2n) is 3.27. The molecule has 0 radical (unpaired) electrons. The number of hydrogen-bond acceptors (Lipinski definition) is 1. The molecule has 0 atom stereocenters. The van der Waals surface area contributed by atoms with Crippen LogP contribution in [0.2, 0.25) is 0 Å². The van der Waals surface area contributed by atoms with Crippen LogP contribution in [0, 0.1) is 0 Å². The standard InChI is InChI=1S/C10H18N2.BrH/c1-3-4-5-6-7-10-11-8-9-12(10)2;/h8-9H,3-7H2,1-2H3;1H. The van der Waals surface area contributed by atoms with Gasteiger partial charge in [-0.1, -0.05) is 26.2 Å². The maximum atomic E-state index is 4.28. The van der Waals surface area contributed by atoms with Gasteiger partial charge in [0.15, 0.2) is 0 Å². The zero-order chi connectivity index (χ0) is 8.81. The molecule has 0 spiro atoms. The van der Waals surface area contributed by atoms with Crippen LogP contribution >= 0.6 is 17.0 Å². The van der Waals surface area contributed by atoms with E-state index < -0.39 is 0 Å². The van der Waals surface area contributed by atoms with Crippen LogP contribution in [0.4, 0.5) is 0 Å². The Morgan fingerprint density at radius 1 is 1.31 bits per heavy atom. The molecule has 0 aliphatic carbocycles. The summed E-state index contributed by atoms with van der Waals surface area (Å²) in [6.07, 6.45) is 10.3. The Labute approximate surface area is 91.1 Å². The van der Waals surface area contributed by atoms with E-state index >= 15 is 0 Å². The monoisotopic (exact) mass is 246 g/mol. The van der Waals surface area contributed by atoms with E-state index in [0.717, 1.165) is 6.42 Å². The van der Waals surface area contributed by atoms with E-state index in [4.69, 9.17) is 0 Å². The van der Waals surface area contributed by atoms with Crippen molar-refractivity contribution in [3.05, 3.63) is 18.2 Å². The molecule has 1 rings (SSSR count). The summed E-state index contributed by atoms with van der Waals surface area (Å²) in [5, 5.41) is 0. The lowest BCUT2D eigenvalue weighted by Gasteiger charge is -2.00. The van der Waals surface area contributed by atoms with Gasteiger partial charge in [-0.25, -0.2) is 4.98 Å². The molecule has 0 fully saturated rings. The van der Waals surface area contributed by atoms with Crippen molar-refractivity contribution in [2.45, 2.75) is 39.0 Å². The summed E-state index contributed by atoms with van der Waals surface area (Å²) < 4.78 is 2.10. The third kappa shape index (κ3) is 4.46. The highest BCUT2D eigenvalue weighted by Crippen LogP contribution is 2.04. The van der Waals surface area contributed by atoms with Gasteiger partial charge in [0.05, 0.1) is 0 Å². The molecule has 0 unspecified atom stereocenters. The Morgan fingerprint density at radius 2 is 2.08 bits per heavy atom. The minimum atomic E-state index is 0. The molecular weight excluding hydrogens is 228 g/mol. The van der Waals surface area contributed by atoms with Gasteiger partial charge in [-0.15, -0.1) is 17.0 Å². The highest BCUT2D eigenvalue weighted by atomic mass is 79.9. The maximum absolute atomic E-state index is 4.28. The maximum Gasteiger partial charge on any atom is 0.108 e. The van der Waals surface area contributed by atoms with Crippen LogP contribution < -0.4 is 0 Å². The summed E-state index contributed by atoms with van der Waals surface area (Å²) in [6.45, 7) is 2.24. The van der Waals surface area contributed by atoms with Crippen molar-refractivity contribution in [3.63, 3.8) is 0 Å². The first-order valence-electron chi connectivity index (χ1n) is 4.80. The lowest BCUT2D eigenvalue weighted by Crippen LogP contribution is -1.96. The fourth-order valence-corrected chi connectivity index (χ4v) is 1.35. The fourth-order valence-electron chi connectivity index (χ4n) is 1.35. The number of rotatable bonds is 5. The molecule has 0 N–H and O–H groups in total. The molecule has 3 heteroatoms. The third-order valence-corrected chi connectivity index (χ3v) is 2.17. The fraction of sp³-hybridized carbons (Fsp3) is 0.700. The van der Waals surface area contributed by atoms with Crippen LogP contribution in [0.5, 0.6) is 0 Å². The molecule has 2 nitrogen and oxygen atoms in total. The molecule has 0 saturated heterocycles. The van der Waals surface area contributed by atoms with Crippen LogP contribution in [0.3, 0.4) is 0 Å². The van der Waals surface area contributed by atoms with Crippen molar-refractivity contribution >= 4 is 17.0 Å². The molecule has 1 heterocycles. The molecule has 0 bridgehead atoms. The molecule has 76 valence electrons. The third-order valence-electron chi connectivity index (χ3n) is 2.17. The van der Waals surface area contributed by atoms with Crippen molar-refractivity contribution in [1.82, 2.24) is 9.55 Å². The zero-order valence-electron chi connectivity index (χ0n) is 8.49. The molecule has 0 amide bonds. The molecule has 1 aromatic heterocycles. The van der Waals surface area contributed by atoms with Crippen LogP contribution in [0.15, 0.2) is 12.4 Å². The molecule has 0 aromatic carbocycles. The molecule has 0 aliphatic rings. The lowest BCUT2D eigenvalue weighted by atomic mass is 10.1. The van der Waals surface area contributed by atoms with Gasteiger partial charge in [0.1, 0.15) is 5.82 Å². The van der Waals surface area contributed by atoms with Crippen LogP contribution in [-0.2, 0) is 13.5 Å². The predicted molar refractivity (Wildman–Crippen MR) is 61.4 cm³/mol. The Morgan fingerprint density at radius 3 is 2.62 bits per heavy atom. The minimum absolute atomic E-state index is 0. The number of nitrogens with zero attached hydrogens (tertiary/aromatic N) is 2. The SMILES string of the molecule is Br.CCCCCCc1nccn1C. The number of imidazole rings is 1. The predicted octanol–water partition coefficient (Wildman–Crippen LogP) is 3.12. The first kappa shape index (κ1) is 12.7. The number of halogens is 1. The van der Waals surface area contributed by atoms with E-state index in [1.54, 1.807) is 0 Å². The minimum Gasteiger partial charge on any atom is -0.338 e. The van der Waals surface area contributed by atoms with Crippen molar-refractivity contribution in [1.29, 1.82) is 0 Å². The average molecular weight is 247 g/mol. The number of unbranched alkanes of at least 4 members (excludes halogenated alkanes) is 3. The van der Waals surface area contributed by atoms with Crippen molar-refractivity contribution in [2.24, 2.45) is 7.05 Å². The first-order chi connectivity index (χ1) is 5.84. The van der Waals surface area contributed by atoms with E-state index in [1.165, 1.54) is 31.5 Å². The van der Waals surface area contributed by atoms with Gasteiger partial charge >= 0.3 is 0 Å². The Kier molecular flexibility index (Phi) is 6.96. The second kappa shape index (κ2) is 7.13. The summed E-state index contributed by atoms with van der Waals surface area (Å²) in [7, 11) is 2.06. The summed E-state index contributed by atoms with van der Waals surface area (Å²) >= 11 is 0. The zero-order valence-corrected chi connectivity index (χ0v) is 10.2. The summed E-state index contributed by atoms with van der Waals surface area (Å²) in [5.74, 6) is 1.21. The number of aryl methyl sites for hydroxylation is 2. The van der Waals surface area contributed by atoms with Crippen LogP contribution in [-0.4, -0.2) is 9.55 Å². The molecule has 0 saturated carbocycles. The van der Waals surface area contributed by atoms with Crippen molar-refractivity contribution in [3.8, 4) is 0 Å². The summed E-state index contributed by atoms with van der Waals surface area (Å²) in [5.41, 5.74) is 0. The normalized spacial score (nSPS) is 9.69. The quantitative estimate of drug-likeness (QED) is 0.731. The molecular formula is C10H19BrN2. The lowest BCUT2D eigenvalue weighted by molar-refractivity contribution is 0.639. The Bertz CT molecular complexity index is 220. The number of aromatic nitrogens is 2. The van der Waals surface area contributed by atoms with Crippen LogP contribution in [0.1, 0.15) is 38.4 Å². The van der Waals surface area contributed by atoms with Crippen molar-refractivity contribution in [2.75, 3.05) is 0 Å². The van der Waals surface area contributed by atoms with Gasteiger partial charge in [0.2, 0.25) is 0 Å². The largest absolute Gasteiger partial charge is 0.338 e. The highest BCUT2D eigenvalue weighted by molar-refractivity contribution is 8.93. The van der Waals surface area contributed by atoms with Gasteiger partial charge in [-0.05, 0) is 6.42 Å². The van der Waals surface area contributed by atoms with Gasteiger partial charge in [-0.3, -0.25) is 0 Å². The highest BCUT2D eigenvalue weighted by Gasteiger charge is 1.97. The van der Waals surface area contributed by atoms with E-state index in [0.29, 0.717) is 0 Å². The van der Waals surface area contributed by atoms with Gasteiger partial charge in [0, 0.05) is 25.9 Å². The van der Waals surface area contributed by atoms with E-state index in [2.05, 4.69) is 23.5 Å². The molecule has 13 heavy (non-hydrogen) atoms. The molecule has 0 aliphatic heterocycles. The first-order valence-corrected chi connectivity index (χ1v) is 4.80. The van der Waals surface area contributed by atoms with E-state index in [1.807, 2.05) is 12.4 Å². The summed E-state index contributed by atoms with van der Waals surface area (Å²) in [4.78, 5) is 4.28. The van der Waals surface area contributed by atoms with E-state index in [9.17, 15) is 0 Å². The van der Waals surface area contributed by atoms with Gasteiger partial charge < -0.3 is 4.57 Å². The van der Waals surface area contributed by atoms with E-state index in [-0.39, 0.29) is 17.0 Å².